The summed E-state index contributed by atoms with van der Waals surface area (Å²) in [5.74, 6) is 1.30. The van der Waals surface area contributed by atoms with E-state index in [4.69, 9.17) is 14.6 Å². The Morgan fingerprint density at radius 1 is 0.833 bits per heavy atom. The molecular formula is C33H32O3. The van der Waals surface area contributed by atoms with E-state index >= 15 is 0 Å². The van der Waals surface area contributed by atoms with Crippen LogP contribution in [0.1, 0.15) is 41.7 Å². The van der Waals surface area contributed by atoms with Crippen LogP contribution in [0, 0.1) is 5.92 Å². The summed E-state index contributed by atoms with van der Waals surface area (Å²) in [6, 6.07) is 27.9. The molecular weight excluding hydrogens is 444 g/mol. The minimum atomic E-state index is 0.292. The summed E-state index contributed by atoms with van der Waals surface area (Å²) in [6.45, 7) is 8.96. The first-order valence-corrected chi connectivity index (χ1v) is 12.2. The Morgan fingerprint density at radius 3 is 2.31 bits per heavy atom. The van der Waals surface area contributed by atoms with Crippen LogP contribution >= 0.6 is 0 Å². The highest BCUT2D eigenvalue weighted by atomic mass is 16.7. The van der Waals surface area contributed by atoms with E-state index in [1.807, 2.05) is 48.5 Å². The van der Waals surface area contributed by atoms with Crippen molar-refractivity contribution in [3.05, 3.63) is 125 Å². The van der Waals surface area contributed by atoms with Gasteiger partial charge in [0.25, 0.3) is 5.95 Å². The second kappa shape index (κ2) is 11.9. The molecule has 5 rings (SSSR count). The predicted molar refractivity (Wildman–Crippen MR) is 151 cm³/mol. The molecule has 182 valence electrons. The van der Waals surface area contributed by atoms with Crippen molar-refractivity contribution in [2.75, 3.05) is 6.61 Å². The molecule has 1 aliphatic rings. The highest BCUT2D eigenvalue weighted by Crippen LogP contribution is 2.32. The number of benzene rings is 4. The zero-order chi connectivity index (χ0) is 25.3. The third-order valence-electron chi connectivity index (χ3n) is 5.69. The summed E-state index contributed by atoms with van der Waals surface area (Å²) in [4.78, 5) is 0. The van der Waals surface area contributed by atoms with E-state index in [0.29, 0.717) is 30.8 Å². The molecule has 36 heavy (non-hydrogen) atoms. The van der Waals surface area contributed by atoms with Crippen LogP contribution in [0.4, 0.5) is 0 Å². The summed E-state index contributed by atoms with van der Waals surface area (Å²) < 4.78 is 12.0. The van der Waals surface area contributed by atoms with Gasteiger partial charge in [0.05, 0.1) is 6.61 Å². The summed E-state index contributed by atoms with van der Waals surface area (Å²) in [5, 5.41) is 11.4. The van der Waals surface area contributed by atoms with Crippen molar-refractivity contribution in [3.63, 3.8) is 0 Å². The Bertz CT molecular complexity index is 1360. The van der Waals surface area contributed by atoms with Crippen LogP contribution < -0.4 is 0 Å². The molecule has 1 aliphatic carbocycles. The maximum absolute atomic E-state index is 8.82. The standard InChI is InChI=1S/C25H24O2.C8H8O/c1-18(2)16-26-24(15-19-7-4-3-5-8-19)27-17-20-13-22-10-6-9-21-11-12-23(14-20)25(21)22;1-2-7-3-5-8(9)6-4-7/h3-15,18H,16-17H2,1-2H3;2-6,9H,1H2. The highest BCUT2D eigenvalue weighted by molar-refractivity contribution is 6.05. The molecule has 4 aromatic rings. The third kappa shape index (κ3) is 6.67. The number of rotatable bonds is 8. The smallest absolute Gasteiger partial charge is 0.280 e. The number of phenols is 1. The summed E-state index contributed by atoms with van der Waals surface area (Å²) in [7, 11) is 0. The van der Waals surface area contributed by atoms with Crippen molar-refractivity contribution >= 4 is 35.1 Å². The molecule has 0 spiro atoms. The normalized spacial score (nSPS) is 11.8. The first-order valence-electron chi connectivity index (χ1n) is 12.2. The van der Waals surface area contributed by atoms with Gasteiger partial charge in [0.1, 0.15) is 12.4 Å². The molecule has 3 nitrogen and oxygen atoms in total. The van der Waals surface area contributed by atoms with Crippen LogP contribution in [0.3, 0.4) is 0 Å². The van der Waals surface area contributed by atoms with Gasteiger partial charge in [-0.15, -0.1) is 0 Å². The van der Waals surface area contributed by atoms with E-state index in [0.717, 1.165) is 16.7 Å². The molecule has 3 heteroatoms. The maximum Gasteiger partial charge on any atom is 0.280 e. The van der Waals surface area contributed by atoms with Gasteiger partial charge in [0, 0.05) is 6.08 Å². The SMILES string of the molecule is C=Cc1ccc(O)cc1.CC(C)COC(=Cc1ccccc1)OCc1cc2c3c(cccc3c1)C=C2. The summed E-state index contributed by atoms with van der Waals surface area (Å²) >= 11 is 0. The van der Waals surface area contributed by atoms with Crippen LogP contribution in [0.2, 0.25) is 0 Å². The van der Waals surface area contributed by atoms with Crippen molar-refractivity contribution < 1.29 is 14.6 Å². The maximum atomic E-state index is 8.82. The fourth-order valence-electron chi connectivity index (χ4n) is 3.91. The molecule has 0 atom stereocenters. The molecule has 0 saturated heterocycles. The number of phenolic OH excluding ortho intramolecular Hbond substituents is 1. The van der Waals surface area contributed by atoms with Crippen molar-refractivity contribution in [3.8, 4) is 5.75 Å². The number of ether oxygens (including phenoxy) is 2. The average Bonchev–Trinajstić information content (AvgIpc) is 3.31. The van der Waals surface area contributed by atoms with Gasteiger partial charge in [-0.3, -0.25) is 0 Å². The van der Waals surface area contributed by atoms with Crippen LogP contribution in [-0.2, 0) is 16.1 Å². The molecule has 0 saturated carbocycles. The first-order chi connectivity index (χ1) is 17.5. The number of aromatic hydroxyl groups is 1. The van der Waals surface area contributed by atoms with E-state index in [2.05, 4.69) is 62.9 Å². The van der Waals surface area contributed by atoms with Crippen LogP contribution in [0.5, 0.6) is 5.75 Å². The molecule has 0 bridgehead atoms. The Hall–Kier alpha value is -4.24. The Balaban J connectivity index is 0.000000286. The lowest BCUT2D eigenvalue weighted by atomic mass is 10.0. The Labute approximate surface area is 213 Å². The molecule has 4 aromatic carbocycles. The topological polar surface area (TPSA) is 38.7 Å². The Kier molecular flexibility index (Phi) is 8.25. The highest BCUT2D eigenvalue weighted by Gasteiger charge is 2.11. The van der Waals surface area contributed by atoms with E-state index in [1.54, 1.807) is 18.2 Å². The quantitative estimate of drug-likeness (QED) is 0.228. The summed E-state index contributed by atoms with van der Waals surface area (Å²) in [6.07, 6.45) is 8.05. The van der Waals surface area contributed by atoms with Gasteiger partial charge >= 0.3 is 0 Å². The van der Waals surface area contributed by atoms with Gasteiger partial charge in [-0.2, -0.15) is 0 Å². The van der Waals surface area contributed by atoms with Gasteiger partial charge in [-0.25, -0.2) is 0 Å². The van der Waals surface area contributed by atoms with E-state index in [1.165, 1.54) is 21.9 Å². The van der Waals surface area contributed by atoms with Crippen molar-refractivity contribution in [1.29, 1.82) is 0 Å². The molecule has 0 aromatic heterocycles. The van der Waals surface area contributed by atoms with Crippen molar-refractivity contribution in [1.82, 2.24) is 0 Å². The fourth-order valence-corrected chi connectivity index (χ4v) is 3.91. The molecule has 1 N–H and O–H groups in total. The zero-order valence-electron chi connectivity index (χ0n) is 20.9. The predicted octanol–water partition coefficient (Wildman–Crippen LogP) is 8.55. The second-order valence-electron chi connectivity index (χ2n) is 9.13. The van der Waals surface area contributed by atoms with Gasteiger partial charge in [-0.1, -0.05) is 99.3 Å². The van der Waals surface area contributed by atoms with E-state index in [-0.39, 0.29) is 0 Å². The van der Waals surface area contributed by atoms with Gasteiger partial charge in [-0.05, 0) is 68.8 Å². The van der Waals surface area contributed by atoms with E-state index < -0.39 is 0 Å². The summed E-state index contributed by atoms with van der Waals surface area (Å²) in [5.41, 5.74) is 5.79. The third-order valence-corrected chi connectivity index (χ3v) is 5.69. The lowest BCUT2D eigenvalue weighted by Crippen LogP contribution is -2.05. The lowest BCUT2D eigenvalue weighted by molar-refractivity contribution is 0.0212. The number of hydrogen-bond acceptors (Lipinski definition) is 3. The fraction of sp³-hybridized carbons (Fsp3) is 0.152. The minimum Gasteiger partial charge on any atom is -0.508 e. The first kappa shape index (κ1) is 24.9. The molecule has 0 unspecified atom stereocenters. The molecule has 0 amide bonds. The largest absolute Gasteiger partial charge is 0.508 e. The average molecular weight is 477 g/mol. The molecule has 0 heterocycles. The molecule has 0 radical (unpaired) electrons. The minimum absolute atomic E-state index is 0.292. The van der Waals surface area contributed by atoms with E-state index in [9.17, 15) is 0 Å². The van der Waals surface area contributed by atoms with Gasteiger partial charge in [0.2, 0.25) is 0 Å². The lowest BCUT2D eigenvalue weighted by Gasteiger charge is -2.15. The second-order valence-corrected chi connectivity index (χ2v) is 9.13. The molecule has 0 aliphatic heterocycles. The van der Waals surface area contributed by atoms with Crippen LogP contribution in [0.25, 0.3) is 35.1 Å². The van der Waals surface area contributed by atoms with Crippen LogP contribution in [-0.4, -0.2) is 11.7 Å². The van der Waals surface area contributed by atoms with Gasteiger partial charge < -0.3 is 14.6 Å². The van der Waals surface area contributed by atoms with Crippen molar-refractivity contribution in [2.45, 2.75) is 20.5 Å². The van der Waals surface area contributed by atoms with Crippen LogP contribution in [0.15, 0.2) is 97.5 Å². The Morgan fingerprint density at radius 2 is 1.58 bits per heavy atom. The van der Waals surface area contributed by atoms with Gasteiger partial charge in [0.15, 0.2) is 0 Å². The van der Waals surface area contributed by atoms with Crippen molar-refractivity contribution in [2.24, 2.45) is 5.92 Å². The number of hydrogen-bond donors (Lipinski definition) is 1. The molecule has 0 fully saturated rings. The monoisotopic (exact) mass is 476 g/mol. The zero-order valence-corrected chi connectivity index (χ0v) is 20.9.